The Labute approximate surface area is 189 Å². The van der Waals surface area contributed by atoms with Crippen molar-refractivity contribution in [2.45, 2.75) is 45.1 Å². The number of aromatic hydroxyl groups is 1. The maximum absolute atomic E-state index is 12.0. The fourth-order valence-electron chi connectivity index (χ4n) is 3.29. The standard InChI is InChI=1S/C22H25N3O4S2/c26-19(23-11-5-1-2-10-20(27)28)9-6-12-25-21(29)18(31-22(25)30)13-15-14-24-17-8-4-3-7-16(15)17/h3-4,7-8,13-14,29H,1-2,5-6,9-12H2,(H,23,26)(H,27,28)/b15-13-. The van der Waals surface area contributed by atoms with E-state index >= 15 is 0 Å². The van der Waals surface area contributed by atoms with Crippen LogP contribution in [0.5, 0.6) is 5.88 Å². The van der Waals surface area contributed by atoms with Crippen LogP contribution in [0, 0.1) is 3.95 Å². The molecule has 2 aromatic rings. The summed E-state index contributed by atoms with van der Waals surface area (Å²) < 4.78 is 2.22. The number of allylic oxidation sites excluding steroid dienone is 1. The lowest BCUT2D eigenvalue weighted by Gasteiger charge is -2.07. The molecule has 0 spiro atoms. The number of carbonyl (C=O) groups is 2. The van der Waals surface area contributed by atoms with Crippen LogP contribution in [-0.2, 0) is 16.1 Å². The average Bonchev–Trinajstić information content (AvgIpc) is 3.26. The van der Waals surface area contributed by atoms with Crippen molar-refractivity contribution in [1.82, 2.24) is 9.88 Å². The minimum absolute atomic E-state index is 0.0550. The van der Waals surface area contributed by atoms with Crippen LogP contribution < -0.4 is 5.32 Å². The van der Waals surface area contributed by atoms with Crippen LogP contribution in [0.4, 0.5) is 5.69 Å². The summed E-state index contributed by atoms with van der Waals surface area (Å²) in [7, 11) is 0. The lowest BCUT2D eigenvalue weighted by Crippen LogP contribution is -2.24. The highest BCUT2D eigenvalue weighted by atomic mass is 32.1. The van der Waals surface area contributed by atoms with Gasteiger partial charge in [0.05, 0.1) is 10.6 Å². The van der Waals surface area contributed by atoms with Crippen LogP contribution in [0.15, 0.2) is 29.3 Å². The van der Waals surface area contributed by atoms with Gasteiger partial charge in [0.2, 0.25) is 11.8 Å². The number of nitrogens with zero attached hydrogens (tertiary/aromatic N) is 2. The number of nitrogens with one attached hydrogen (secondary N) is 1. The zero-order valence-corrected chi connectivity index (χ0v) is 18.7. The van der Waals surface area contributed by atoms with Gasteiger partial charge in [-0.3, -0.25) is 19.1 Å². The van der Waals surface area contributed by atoms with E-state index in [2.05, 4.69) is 10.3 Å². The highest BCUT2D eigenvalue weighted by Crippen LogP contribution is 2.35. The van der Waals surface area contributed by atoms with Crippen molar-refractivity contribution >= 4 is 59.0 Å². The first-order valence-corrected chi connectivity index (χ1v) is 11.4. The summed E-state index contributed by atoms with van der Waals surface area (Å²) in [6, 6.07) is 7.83. The first kappa shape index (κ1) is 22.9. The smallest absolute Gasteiger partial charge is 0.303 e. The third-order valence-corrected chi connectivity index (χ3v) is 6.30. The van der Waals surface area contributed by atoms with Gasteiger partial charge < -0.3 is 15.5 Å². The van der Waals surface area contributed by atoms with Crippen LogP contribution >= 0.6 is 23.6 Å². The first-order chi connectivity index (χ1) is 15.0. The molecule has 9 heteroatoms. The Morgan fingerprint density at radius 1 is 1.16 bits per heavy atom. The van der Waals surface area contributed by atoms with E-state index in [1.807, 2.05) is 30.3 Å². The summed E-state index contributed by atoms with van der Waals surface area (Å²) in [5.41, 5.74) is 2.86. The fraction of sp³-hybridized carbons (Fsp3) is 0.364. The molecule has 1 amide bonds. The maximum atomic E-state index is 12.0. The van der Waals surface area contributed by atoms with Crippen molar-refractivity contribution in [2.24, 2.45) is 4.99 Å². The third kappa shape index (κ3) is 6.35. The summed E-state index contributed by atoms with van der Waals surface area (Å²) in [5.74, 6) is -0.737. The van der Waals surface area contributed by atoms with Gasteiger partial charge >= 0.3 is 5.97 Å². The van der Waals surface area contributed by atoms with Crippen LogP contribution in [0.1, 0.15) is 49.0 Å². The van der Waals surface area contributed by atoms with Crippen LogP contribution in [0.2, 0.25) is 0 Å². The molecule has 0 saturated carbocycles. The Kier molecular flexibility index (Phi) is 8.13. The SMILES string of the molecule is O=C(O)CCCCCNC(=O)CCCn1c(O)c(/C=C2/C=Nc3ccccc32)sc1=S. The lowest BCUT2D eigenvalue weighted by molar-refractivity contribution is -0.137. The van der Waals surface area contributed by atoms with Crippen molar-refractivity contribution in [2.75, 3.05) is 6.54 Å². The molecule has 1 aliphatic heterocycles. The molecular weight excluding hydrogens is 434 g/mol. The van der Waals surface area contributed by atoms with Crippen molar-refractivity contribution in [3.05, 3.63) is 38.7 Å². The van der Waals surface area contributed by atoms with E-state index in [1.54, 1.807) is 10.8 Å². The molecule has 0 unspecified atom stereocenters. The van der Waals surface area contributed by atoms with E-state index in [0.717, 1.165) is 29.7 Å². The molecule has 1 aromatic heterocycles. The Hall–Kier alpha value is -2.78. The number of carboxylic acid groups (broad SMARTS) is 1. The quantitative estimate of drug-likeness (QED) is 0.331. The number of amides is 1. The molecule has 3 N–H and O–H groups in total. The average molecular weight is 460 g/mol. The predicted molar refractivity (Wildman–Crippen MR) is 126 cm³/mol. The minimum Gasteiger partial charge on any atom is -0.493 e. The van der Waals surface area contributed by atoms with Gasteiger partial charge in [0.25, 0.3) is 0 Å². The van der Waals surface area contributed by atoms with Gasteiger partial charge in [-0.05, 0) is 43.6 Å². The van der Waals surface area contributed by atoms with E-state index in [9.17, 15) is 14.7 Å². The highest BCUT2D eigenvalue weighted by Gasteiger charge is 2.15. The summed E-state index contributed by atoms with van der Waals surface area (Å²) >= 11 is 6.74. The first-order valence-electron chi connectivity index (χ1n) is 10.2. The molecule has 0 fully saturated rings. The maximum Gasteiger partial charge on any atom is 0.303 e. The molecule has 0 saturated heterocycles. The molecular formula is C22H25N3O4S2. The summed E-state index contributed by atoms with van der Waals surface area (Å²) in [6.45, 7) is 1.00. The molecule has 2 heterocycles. The van der Waals surface area contributed by atoms with Crippen LogP contribution in [0.3, 0.4) is 0 Å². The molecule has 0 atom stereocenters. The Bertz CT molecular complexity index is 1070. The number of aliphatic carboxylic acids is 1. The summed E-state index contributed by atoms with van der Waals surface area (Å²) in [6.07, 6.45) is 6.89. The minimum atomic E-state index is -0.792. The predicted octanol–water partition coefficient (Wildman–Crippen LogP) is 4.78. The number of hydrogen-bond acceptors (Lipinski definition) is 6. The second-order valence-corrected chi connectivity index (χ2v) is 8.92. The van der Waals surface area contributed by atoms with Crippen molar-refractivity contribution in [3.63, 3.8) is 0 Å². The molecule has 0 bridgehead atoms. The zero-order chi connectivity index (χ0) is 22.2. The number of aromatic nitrogens is 1. The Morgan fingerprint density at radius 2 is 1.97 bits per heavy atom. The number of aliphatic imine (C=N–C) groups is 1. The molecule has 0 aliphatic carbocycles. The molecule has 0 radical (unpaired) electrons. The van der Waals surface area contributed by atoms with Gasteiger partial charge in [-0.15, -0.1) is 11.3 Å². The van der Waals surface area contributed by atoms with Crippen molar-refractivity contribution < 1.29 is 19.8 Å². The Morgan fingerprint density at radius 3 is 2.77 bits per heavy atom. The topological polar surface area (TPSA) is 104 Å². The van der Waals surface area contributed by atoms with Crippen molar-refractivity contribution in [3.8, 4) is 5.88 Å². The number of para-hydroxylation sites is 1. The van der Waals surface area contributed by atoms with Gasteiger partial charge in [-0.25, -0.2) is 0 Å². The molecule has 31 heavy (non-hydrogen) atoms. The molecule has 7 nitrogen and oxygen atoms in total. The molecule has 1 aliphatic rings. The van der Waals surface area contributed by atoms with Crippen molar-refractivity contribution in [1.29, 1.82) is 0 Å². The van der Waals surface area contributed by atoms with Gasteiger partial charge in [0.15, 0.2) is 3.95 Å². The van der Waals surface area contributed by atoms with Gasteiger partial charge in [-0.1, -0.05) is 24.6 Å². The second-order valence-electron chi connectivity index (χ2n) is 7.24. The van der Waals surface area contributed by atoms with E-state index in [4.69, 9.17) is 17.3 Å². The van der Waals surface area contributed by atoms with E-state index in [-0.39, 0.29) is 18.2 Å². The zero-order valence-electron chi connectivity index (χ0n) is 17.0. The van der Waals surface area contributed by atoms with E-state index in [1.165, 1.54) is 11.3 Å². The summed E-state index contributed by atoms with van der Waals surface area (Å²) in [4.78, 5) is 27.5. The summed E-state index contributed by atoms with van der Waals surface area (Å²) in [5, 5.41) is 22.1. The normalized spacial score (nSPS) is 13.5. The largest absolute Gasteiger partial charge is 0.493 e. The number of unbranched alkanes of at least 4 members (excludes halogenated alkanes) is 2. The van der Waals surface area contributed by atoms with Gasteiger partial charge in [0.1, 0.15) is 0 Å². The van der Waals surface area contributed by atoms with Gasteiger partial charge in [0, 0.05) is 43.3 Å². The number of benzene rings is 1. The number of carbonyl (C=O) groups excluding carboxylic acids is 1. The fourth-order valence-corrected chi connectivity index (χ4v) is 4.60. The number of hydrogen-bond donors (Lipinski definition) is 3. The third-order valence-electron chi connectivity index (χ3n) is 4.91. The molecule has 1 aromatic carbocycles. The number of thiazole rings is 1. The number of fused-ring (bicyclic) bond motifs is 1. The number of rotatable bonds is 11. The monoisotopic (exact) mass is 459 g/mol. The Balaban J connectivity index is 1.48. The lowest BCUT2D eigenvalue weighted by atomic mass is 10.1. The molecule has 164 valence electrons. The van der Waals surface area contributed by atoms with Crippen LogP contribution in [0.25, 0.3) is 11.6 Å². The second kappa shape index (κ2) is 11.0. The van der Waals surface area contributed by atoms with E-state index in [0.29, 0.717) is 41.2 Å². The number of carboxylic acids is 1. The van der Waals surface area contributed by atoms with E-state index < -0.39 is 5.97 Å². The molecule has 3 rings (SSSR count). The van der Waals surface area contributed by atoms with Crippen LogP contribution in [-0.4, -0.2) is 39.4 Å². The van der Waals surface area contributed by atoms with Gasteiger partial charge in [-0.2, -0.15) is 0 Å². The highest BCUT2D eigenvalue weighted by molar-refractivity contribution is 7.73.